The second-order valence-corrected chi connectivity index (χ2v) is 4.26. The van der Waals surface area contributed by atoms with Gasteiger partial charge in [-0.3, -0.25) is 9.79 Å². The van der Waals surface area contributed by atoms with Crippen molar-refractivity contribution in [1.29, 1.82) is 0 Å². The average Bonchev–Trinajstić information content (AvgIpc) is 2.22. The molecule has 0 fully saturated rings. The summed E-state index contributed by atoms with van der Waals surface area (Å²) < 4.78 is 37.3. The van der Waals surface area contributed by atoms with E-state index in [0.717, 1.165) is 12.1 Å². The summed E-state index contributed by atoms with van der Waals surface area (Å²) >= 11 is 3.02. The highest BCUT2D eigenvalue weighted by Crippen LogP contribution is 2.34. The number of fused-ring (bicyclic) bond motifs is 1. The van der Waals surface area contributed by atoms with Gasteiger partial charge in [0.15, 0.2) is 5.78 Å². The number of benzene rings is 1. The van der Waals surface area contributed by atoms with Crippen LogP contribution in [0.2, 0.25) is 0 Å². The predicted octanol–water partition coefficient (Wildman–Crippen LogP) is 3.37. The molecule has 1 aromatic carbocycles. The van der Waals surface area contributed by atoms with Gasteiger partial charge in [0, 0.05) is 11.8 Å². The van der Waals surface area contributed by atoms with E-state index < -0.39 is 22.4 Å². The van der Waals surface area contributed by atoms with Crippen molar-refractivity contribution >= 4 is 33.6 Å². The Bertz CT molecular complexity index is 481. The lowest BCUT2D eigenvalue weighted by molar-refractivity contribution is -0.137. The third-order valence-electron chi connectivity index (χ3n) is 2.18. The molecule has 0 spiro atoms. The number of carbonyl (C=O) groups is 1. The molecule has 0 aliphatic carbocycles. The molecule has 0 N–H and O–H groups in total. The fourth-order valence-corrected chi connectivity index (χ4v) is 1.75. The van der Waals surface area contributed by atoms with E-state index >= 15 is 0 Å². The van der Waals surface area contributed by atoms with Gasteiger partial charge in [-0.05, 0) is 18.2 Å². The second kappa shape index (κ2) is 3.69. The molecule has 16 heavy (non-hydrogen) atoms. The summed E-state index contributed by atoms with van der Waals surface area (Å²) in [6.07, 6.45) is -3.09. The zero-order valence-electron chi connectivity index (χ0n) is 7.75. The van der Waals surface area contributed by atoms with Gasteiger partial charge in [0.2, 0.25) is 0 Å². The van der Waals surface area contributed by atoms with Crippen molar-refractivity contribution in [2.24, 2.45) is 4.99 Å². The Morgan fingerprint density at radius 2 is 2.00 bits per heavy atom. The van der Waals surface area contributed by atoms with Gasteiger partial charge in [-0.2, -0.15) is 13.2 Å². The van der Waals surface area contributed by atoms with Crippen LogP contribution in [0.1, 0.15) is 15.9 Å². The van der Waals surface area contributed by atoms with Crippen molar-refractivity contribution in [3.63, 3.8) is 0 Å². The van der Waals surface area contributed by atoms with Gasteiger partial charge < -0.3 is 0 Å². The van der Waals surface area contributed by atoms with Gasteiger partial charge in [-0.1, -0.05) is 15.9 Å². The summed E-state index contributed by atoms with van der Waals surface area (Å²) in [5.74, 6) is -0.406. The average molecular weight is 292 g/mol. The molecule has 0 radical (unpaired) electrons. The van der Waals surface area contributed by atoms with Crippen molar-refractivity contribution in [2.45, 2.75) is 11.0 Å². The van der Waals surface area contributed by atoms with Crippen LogP contribution in [0.25, 0.3) is 0 Å². The Kier molecular flexibility index (Phi) is 2.61. The number of alkyl halides is 4. The minimum atomic E-state index is -4.45. The molecule has 0 amide bonds. The normalized spacial score (nSPS) is 19.8. The Balaban J connectivity index is 2.54. The Hall–Kier alpha value is -1.17. The van der Waals surface area contributed by atoms with E-state index in [1.54, 1.807) is 0 Å². The molecule has 84 valence electrons. The third-order valence-corrected chi connectivity index (χ3v) is 2.84. The zero-order valence-corrected chi connectivity index (χ0v) is 9.34. The minimum Gasteiger partial charge on any atom is -0.292 e. The molecule has 1 atom stereocenters. The summed E-state index contributed by atoms with van der Waals surface area (Å²) in [4.78, 5) is 14.8. The number of ketones is 1. The molecular weight excluding hydrogens is 287 g/mol. The van der Waals surface area contributed by atoms with Crippen LogP contribution in [-0.2, 0) is 6.18 Å². The number of hydrogen-bond donors (Lipinski definition) is 0. The van der Waals surface area contributed by atoms with E-state index in [1.807, 2.05) is 0 Å². The zero-order chi connectivity index (χ0) is 11.9. The highest BCUT2D eigenvalue weighted by molar-refractivity contribution is 9.10. The van der Waals surface area contributed by atoms with Crippen LogP contribution in [0.5, 0.6) is 0 Å². The number of hydrogen-bond acceptors (Lipinski definition) is 2. The van der Waals surface area contributed by atoms with Gasteiger partial charge >= 0.3 is 6.18 Å². The summed E-state index contributed by atoms with van der Waals surface area (Å²) in [6.45, 7) is 0. The highest BCUT2D eigenvalue weighted by atomic mass is 79.9. The van der Waals surface area contributed by atoms with E-state index in [0.29, 0.717) is 0 Å². The Labute approximate surface area is 97.3 Å². The Morgan fingerprint density at radius 1 is 1.31 bits per heavy atom. The van der Waals surface area contributed by atoms with Crippen molar-refractivity contribution in [1.82, 2.24) is 0 Å². The first-order valence-electron chi connectivity index (χ1n) is 4.33. The first-order valence-corrected chi connectivity index (χ1v) is 5.25. The summed E-state index contributed by atoms with van der Waals surface area (Å²) in [6, 6.07) is 2.95. The van der Waals surface area contributed by atoms with Gasteiger partial charge in [0.1, 0.15) is 4.83 Å². The van der Waals surface area contributed by atoms with Gasteiger partial charge in [0.05, 0.1) is 11.3 Å². The fraction of sp³-hybridized carbons (Fsp3) is 0.200. The number of aliphatic imine (C=N–C) groups is 1. The minimum absolute atomic E-state index is 0.000741. The Morgan fingerprint density at radius 3 is 2.62 bits per heavy atom. The number of nitrogens with zero attached hydrogens (tertiary/aromatic N) is 1. The van der Waals surface area contributed by atoms with Crippen molar-refractivity contribution < 1.29 is 18.0 Å². The van der Waals surface area contributed by atoms with Crippen LogP contribution < -0.4 is 0 Å². The summed E-state index contributed by atoms with van der Waals surface area (Å²) in [5, 5.41) is 0. The standard InChI is InChI=1S/C10H5BrF3NO/c11-7-4-15-8-2-1-5(10(12,13)14)3-6(8)9(7)16/h1-4,7H. The lowest BCUT2D eigenvalue weighted by Gasteiger charge is -2.14. The highest BCUT2D eigenvalue weighted by Gasteiger charge is 2.33. The molecule has 2 nitrogen and oxygen atoms in total. The molecule has 1 aliphatic heterocycles. The first kappa shape index (κ1) is 11.3. The van der Waals surface area contributed by atoms with E-state index in [-0.39, 0.29) is 11.3 Å². The SMILES string of the molecule is O=C1c2cc(C(F)(F)F)ccc2N=CC1Br. The maximum atomic E-state index is 12.4. The maximum Gasteiger partial charge on any atom is 0.416 e. The molecule has 0 saturated heterocycles. The van der Waals surface area contributed by atoms with Gasteiger partial charge in [-0.15, -0.1) is 0 Å². The van der Waals surface area contributed by atoms with Gasteiger partial charge in [-0.25, -0.2) is 0 Å². The molecule has 0 saturated carbocycles. The third kappa shape index (κ3) is 1.89. The van der Waals surface area contributed by atoms with Crippen LogP contribution in [0.15, 0.2) is 23.2 Å². The first-order chi connectivity index (χ1) is 7.39. The van der Waals surface area contributed by atoms with Crippen LogP contribution in [0.3, 0.4) is 0 Å². The van der Waals surface area contributed by atoms with E-state index in [9.17, 15) is 18.0 Å². The number of carbonyl (C=O) groups excluding carboxylic acids is 1. The van der Waals surface area contributed by atoms with Crippen LogP contribution >= 0.6 is 15.9 Å². The largest absolute Gasteiger partial charge is 0.416 e. The molecule has 1 unspecified atom stereocenters. The summed E-state index contributed by atoms with van der Waals surface area (Å²) in [5.41, 5.74) is -0.565. The smallest absolute Gasteiger partial charge is 0.292 e. The lowest BCUT2D eigenvalue weighted by atomic mass is 10.0. The van der Waals surface area contributed by atoms with Crippen LogP contribution in [-0.4, -0.2) is 16.8 Å². The number of Topliss-reactive ketones (excluding diaryl/α,β-unsaturated/α-hetero) is 1. The second-order valence-electron chi connectivity index (χ2n) is 3.27. The molecule has 1 heterocycles. The summed E-state index contributed by atoms with van der Waals surface area (Å²) in [7, 11) is 0. The quantitative estimate of drug-likeness (QED) is 0.674. The number of rotatable bonds is 0. The molecule has 0 aromatic heterocycles. The monoisotopic (exact) mass is 291 g/mol. The molecule has 1 aliphatic rings. The van der Waals surface area contributed by atoms with E-state index in [2.05, 4.69) is 20.9 Å². The predicted molar refractivity (Wildman–Crippen MR) is 56.6 cm³/mol. The lowest BCUT2D eigenvalue weighted by Crippen LogP contribution is -2.20. The van der Waals surface area contributed by atoms with Crippen LogP contribution in [0.4, 0.5) is 18.9 Å². The van der Waals surface area contributed by atoms with Crippen molar-refractivity contribution in [3.8, 4) is 0 Å². The van der Waals surface area contributed by atoms with Crippen LogP contribution in [0, 0.1) is 0 Å². The molecular formula is C10H5BrF3NO. The maximum absolute atomic E-state index is 12.4. The topological polar surface area (TPSA) is 29.4 Å². The van der Waals surface area contributed by atoms with Crippen molar-refractivity contribution in [2.75, 3.05) is 0 Å². The molecule has 2 rings (SSSR count). The fourth-order valence-electron chi connectivity index (χ4n) is 1.38. The molecule has 6 heteroatoms. The number of halogens is 4. The molecule has 1 aromatic rings. The van der Waals surface area contributed by atoms with Crippen molar-refractivity contribution in [3.05, 3.63) is 29.3 Å². The molecule has 0 bridgehead atoms. The van der Waals surface area contributed by atoms with Gasteiger partial charge in [0.25, 0.3) is 0 Å². The van der Waals surface area contributed by atoms with E-state index in [1.165, 1.54) is 12.3 Å². The van der Waals surface area contributed by atoms with E-state index in [4.69, 9.17) is 0 Å².